The number of carbonyl (C=O) groups is 1. The Morgan fingerprint density at radius 2 is 1.69 bits per heavy atom. The van der Waals surface area contributed by atoms with Crippen molar-refractivity contribution in [3.05, 3.63) is 76.1 Å². The molecule has 1 aromatic heterocycles. The highest BCUT2D eigenvalue weighted by atomic mass is 35.5. The Labute approximate surface area is 215 Å². The molecule has 0 unspecified atom stereocenters. The van der Waals surface area contributed by atoms with Gasteiger partial charge < -0.3 is 9.57 Å². The molecular formula is C27H30ClFN4O3. The number of fused-ring (bicyclic) bond motifs is 3. The van der Waals surface area contributed by atoms with Gasteiger partial charge in [0.1, 0.15) is 17.2 Å². The topological polar surface area (TPSA) is 69.5 Å². The van der Waals surface area contributed by atoms with Crippen LogP contribution in [0.3, 0.4) is 0 Å². The van der Waals surface area contributed by atoms with Crippen molar-refractivity contribution in [3.63, 3.8) is 0 Å². The smallest absolute Gasteiger partial charge is 0.427 e. The third kappa shape index (κ3) is 5.39. The molecule has 3 aromatic rings. The zero-order valence-corrected chi connectivity index (χ0v) is 21.5. The maximum absolute atomic E-state index is 13.3. The van der Waals surface area contributed by atoms with Crippen LogP contribution in [-0.4, -0.2) is 31.6 Å². The third-order valence-corrected chi connectivity index (χ3v) is 6.96. The van der Waals surface area contributed by atoms with Gasteiger partial charge in [-0.05, 0) is 93.8 Å². The van der Waals surface area contributed by atoms with Crippen molar-refractivity contribution in [3.8, 4) is 5.69 Å². The molecule has 36 heavy (non-hydrogen) atoms. The molecule has 0 amide bonds. The molecule has 2 aliphatic rings. The summed E-state index contributed by atoms with van der Waals surface area (Å²) in [4.78, 5) is 17.9. The first-order valence-corrected chi connectivity index (χ1v) is 12.7. The van der Waals surface area contributed by atoms with Crippen LogP contribution in [-0.2, 0) is 22.7 Å². The lowest BCUT2D eigenvalue weighted by atomic mass is 9.78. The van der Waals surface area contributed by atoms with E-state index in [-0.39, 0.29) is 18.3 Å². The second-order valence-electron chi connectivity index (χ2n) is 10.5. The zero-order chi connectivity index (χ0) is 25.4. The molecule has 7 nitrogen and oxygen atoms in total. The monoisotopic (exact) mass is 512 g/mol. The maximum Gasteiger partial charge on any atom is 0.528 e. The van der Waals surface area contributed by atoms with Gasteiger partial charge in [-0.2, -0.15) is 0 Å². The Balaban J connectivity index is 1.39. The Morgan fingerprint density at radius 3 is 2.39 bits per heavy atom. The van der Waals surface area contributed by atoms with Gasteiger partial charge in [0, 0.05) is 10.9 Å². The van der Waals surface area contributed by atoms with E-state index < -0.39 is 11.8 Å². The number of nitrogens with zero attached hydrogens (tertiary/aromatic N) is 4. The second-order valence-corrected chi connectivity index (χ2v) is 11.0. The normalized spacial score (nSPS) is 20.2. The number of carbonyl (C=O) groups excluding carboxylic acids is 1. The van der Waals surface area contributed by atoms with Gasteiger partial charge in [-0.1, -0.05) is 23.7 Å². The highest BCUT2D eigenvalue weighted by Crippen LogP contribution is 2.41. The van der Waals surface area contributed by atoms with Crippen LogP contribution in [0.5, 0.6) is 0 Å². The molecular weight excluding hydrogens is 483 g/mol. The lowest BCUT2D eigenvalue weighted by molar-refractivity contribution is -0.155. The fourth-order valence-corrected chi connectivity index (χ4v) is 5.32. The van der Waals surface area contributed by atoms with Crippen LogP contribution >= 0.6 is 11.6 Å². The molecule has 0 radical (unpaired) electrons. The quantitative estimate of drug-likeness (QED) is 0.364. The van der Waals surface area contributed by atoms with Crippen LogP contribution in [0, 0.1) is 5.82 Å². The van der Waals surface area contributed by atoms with E-state index in [1.54, 1.807) is 20.8 Å². The minimum Gasteiger partial charge on any atom is -0.427 e. The first kappa shape index (κ1) is 24.7. The van der Waals surface area contributed by atoms with Gasteiger partial charge in [0.25, 0.3) is 0 Å². The van der Waals surface area contributed by atoms with Crippen molar-refractivity contribution in [2.75, 3.05) is 0 Å². The molecule has 0 atom stereocenters. The molecule has 0 bridgehead atoms. The van der Waals surface area contributed by atoms with Gasteiger partial charge in [0.2, 0.25) is 0 Å². The molecule has 0 saturated heterocycles. The largest absolute Gasteiger partial charge is 0.528 e. The lowest BCUT2D eigenvalue weighted by Crippen LogP contribution is -2.31. The van der Waals surface area contributed by atoms with Crippen molar-refractivity contribution in [1.82, 2.24) is 19.8 Å². The van der Waals surface area contributed by atoms with Crippen molar-refractivity contribution >= 4 is 17.8 Å². The standard InChI is InChI=1S/C27H30ClFN4O3/c1-27(2,3)35-26(34)36-32-15-20-14-21(28)10-13-23(20)33-24(16-32)30-31-25(33)19-6-4-17(5-7-19)18-8-11-22(29)12-9-18/h8-14,17,19H,4-7,15-16H2,1-3H3/t17-,19+. The van der Waals surface area contributed by atoms with Gasteiger partial charge in [0.05, 0.1) is 18.8 Å². The number of rotatable bonds is 3. The number of benzene rings is 2. The molecule has 190 valence electrons. The highest BCUT2D eigenvalue weighted by molar-refractivity contribution is 6.30. The molecule has 2 heterocycles. The van der Waals surface area contributed by atoms with E-state index >= 15 is 0 Å². The molecule has 5 rings (SSSR count). The van der Waals surface area contributed by atoms with Crippen LogP contribution in [0.4, 0.5) is 9.18 Å². The number of hydroxylamine groups is 2. The maximum atomic E-state index is 13.3. The fraction of sp³-hybridized carbons (Fsp3) is 0.444. The van der Waals surface area contributed by atoms with E-state index in [1.807, 2.05) is 30.3 Å². The summed E-state index contributed by atoms with van der Waals surface area (Å²) in [7, 11) is 0. The van der Waals surface area contributed by atoms with E-state index in [0.717, 1.165) is 42.8 Å². The van der Waals surface area contributed by atoms with E-state index in [1.165, 1.54) is 22.8 Å². The second kappa shape index (κ2) is 9.82. The molecule has 1 saturated carbocycles. The van der Waals surface area contributed by atoms with Gasteiger partial charge >= 0.3 is 6.16 Å². The minimum atomic E-state index is -0.765. The zero-order valence-electron chi connectivity index (χ0n) is 20.7. The van der Waals surface area contributed by atoms with E-state index in [2.05, 4.69) is 14.8 Å². The average molecular weight is 513 g/mol. The molecule has 0 spiro atoms. The predicted octanol–water partition coefficient (Wildman–Crippen LogP) is 6.68. The minimum absolute atomic E-state index is 0.206. The summed E-state index contributed by atoms with van der Waals surface area (Å²) in [6, 6.07) is 12.6. The summed E-state index contributed by atoms with van der Waals surface area (Å²) in [5.41, 5.74) is 2.37. The van der Waals surface area contributed by atoms with E-state index in [0.29, 0.717) is 23.3 Å². The number of hydrogen-bond donors (Lipinski definition) is 0. The third-order valence-electron chi connectivity index (χ3n) is 6.73. The van der Waals surface area contributed by atoms with E-state index in [9.17, 15) is 9.18 Å². The van der Waals surface area contributed by atoms with Gasteiger partial charge in [-0.25, -0.2) is 9.18 Å². The van der Waals surface area contributed by atoms with Crippen LogP contribution in [0.2, 0.25) is 5.02 Å². The first-order valence-electron chi connectivity index (χ1n) is 12.3. The van der Waals surface area contributed by atoms with Crippen LogP contribution in [0.25, 0.3) is 5.69 Å². The Bertz CT molecular complexity index is 1250. The van der Waals surface area contributed by atoms with Gasteiger partial charge in [-0.15, -0.1) is 15.3 Å². The van der Waals surface area contributed by atoms with Crippen LogP contribution in [0.1, 0.15) is 81.1 Å². The van der Waals surface area contributed by atoms with Crippen molar-refractivity contribution in [2.45, 2.75) is 77.0 Å². The highest BCUT2D eigenvalue weighted by Gasteiger charge is 2.32. The molecule has 0 N–H and O–H groups in total. The molecule has 1 aliphatic heterocycles. The van der Waals surface area contributed by atoms with E-state index in [4.69, 9.17) is 21.2 Å². The van der Waals surface area contributed by atoms with Crippen LogP contribution < -0.4 is 0 Å². The Hall–Kier alpha value is -2.97. The average Bonchev–Trinajstić information content (AvgIpc) is 3.15. The Morgan fingerprint density at radius 1 is 1.00 bits per heavy atom. The summed E-state index contributed by atoms with van der Waals surface area (Å²) in [5, 5.41) is 11.2. The predicted molar refractivity (Wildman–Crippen MR) is 133 cm³/mol. The summed E-state index contributed by atoms with van der Waals surface area (Å²) in [6.07, 6.45) is 3.15. The number of hydrogen-bond acceptors (Lipinski definition) is 6. The van der Waals surface area contributed by atoms with Crippen molar-refractivity contribution < 1.29 is 18.8 Å². The summed E-state index contributed by atoms with van der Waals surface area (Å²) < 4.78 is 20.8. The number of aromatic nitrogens is 3. The van der Waals surface area contributed by atoms with Gasteiger partial charge in [0.15, 0.2) is 5.82 Å². The molecule has 9 heteroatoms. The molecule has 1 fully saturated rings. The van der Waals surface area contributed by atoms with Crippen molar-refractivity contribution in [1.29, 1.82) is 0 Å². The summed E-state index contributed by atoms with van der Waals surface area (Å²) >= 11 is 6.33. The molecule has 2 aromatic carbocycles. The first-order chi connectivity index (χ1) is 17.2. The number of ether oxygens (including phenoxy) is 1. The SMILES string of the molecule is CC(C)(C)OC(=O)ON1Cc2cc(Cl)ccc2-n2c(nnc2[C@H]2CC[C@@H](c3ccc(F)cc3)CC2)C1. The van der Waals surface area contributed by atoms with Gasteiger partial charge in [-0.3, -0.25) is 4.57 Å². The summed E-state index contributed by atoms with van der Waals surface area (Å²) in [6.45, 7) is 5.98. The van der Waals surface area contributed by atoms with Crippen LogP contribution in [0.15, 0.2) is 42.5 Å². The van der Waals surface area contributed by atoms with Crippen molar-refractivity contribution in [2.24, 2.45) is 0 Å². The lowest BCUT2D eigenvalue weighted by Gasteiger charge is -2.28. The molecule has 1 aliphatic carbocycles. The fourth-order valence-electron chi connectivity index (χ4n) is 5.12. The Kier molecular flexibility index (Phi) is 6.74. The summed E-state index contributed by atoms with van der Waals surface area (Å²) in [5.74, 6) is 2.05. The number of halogens is 2.